The molecule has 0 aliphatic heterocycles. The number of benzene rings is 1. The Morgan fingerprint density at radius 3 is 2.65 bits per heavy atom. The number of nitro groups is 1. The number of hydrogen-bond acceptors (Lipinski definition) is 3. The summed E-state index contributed by atoms with van der Waals surface area (Å²) in [4.78, 5) is 22.1. The lowest BCUT2D eigenvalue weighted by molar-refractivity contribution is -0.384. The van der Waals surface area contributed by atoms with Gasteiger partial charge in [0.1, 0.15) is 5.02 Å². The van der Waals surface area contributed by atoms with Crippen LogP contribution in [0.5, 0.6) is 0 Å². The van der Waals surface area contributed by atoms with E-state index >= 15 is 0 Å². The van der Waals surface area contributed by atoms with Gasteiger partial charge in [-0.05, 0) is 18.2 Å². The molecular formula is C13H12ClN3O3. The number of rotatable bonds is 5. The molecule has 0 unspecified atom stereocenters. The molecule has 104 valence electrons. The van der Waals surface area contributed by atoms with Gasteiger partial charge in [-0.1, -0.05) is 17.7 Å². The number of halogens is 1. The Balaban J connectivity index is 2.02. The Morgan fingerprint density at radius 1 is 1.30 bits per heavy atom. The summed E-state index contributed by atoms with van der Waals surface area (Å²) >= 11 is 5.87. The Labute approximate surface area is 120 Å². The van der Waals surface area contributed by atoms with E-state index in [2.05, 4.69) is 5.32 Å². The summed E-state index contributed by atoms with van der Waals surface area (Å²) in [7, 11) is 0. The van der Waals surface area contributed by atoms with Crippen molar-refractivity contribution in [2.45, 2.75) is 6.54 Å². The Morgan fingerprint density at radius 2 is 2.00 bits per heavy atom. The largest absolute Gasteiger partial charge is 0.353 e. The second-order valence-corrected chi connectivity index (χ2v) is 4.45. The standard InChI is InChI=1S/C13H12ClN3O3/c14-12-10(4-3-5-11(12)17(19)20)13(18)15-6-9-16-7-1-2-8-16/h1-5,7-8H,6,9H2,(H,15,18). The number of aromatic nitrogens is 1. The highest BCUT2D eigenvalue weighted by Gasteiger charge is 2.19. The molecule has 20 heavy (non-hydrogen) atoms. The van der Waals surface area contributed by atoms with Crippen molar-refractivity contribution in [3.8, 4) is 0 Å². The normalized spacial score (nSPS) is 10.2. The van der Waals surface area contributed by atoms with Crippen molar-refractivity contribution in [1.82, 2.24) is 9.88 Å². The van der Waals surface area contributed by atoms with Crippen LogP contribution < -0.4 is 5.32 Å². The molecule has 0 saturated heterocycles. The highest BCUT2D eigenvalue weighted by molar-refractivity contribution is 6.35. The molecule has 0 fully saturated rings. The van der Waals surface area contributed by atoms with Crippen molar-refractivity contribution in [1.29, 1.82) is 0 Å². The van der Waals surface area contributed by atoms with Gasteiger partial charge in [0, 0.05) is 31.5 Å². The van der Waals surface area contributed by atoms with Crippen LogP contribution in [0.15, 0.2) is 42.7 Å². The smallest absolute Gasteiger partial charge is 0.288 e. The molecule has 0 aliphatic carbocycles. The van der Waals surface area contributed by atoms with E-state index in [9.17, 15) is 14.9 Å². The molecule has 1 aromatic heterocycles. The lowest BCUT2D eigenvalue weighted by Gasteiger charge is -2.07. The van der Waals surface area contributed by atoms with Crippen molar-refractivity contribution in [3.63, 3.8) is 0 Å². The number of nitrogens with one attached hydrogen (secondary N) is 1. The van der Waals surface area contributed by atoms with Crippen LogP contribution in [0, 0.1) is 10.1 Å². The van der Waals surface area contributed by atoms with Gasteiger partial charge in [-0.15, -0.1) is 0 Å². The second kappa shape index (κ2) is 6.21. The lowest BCUT2D eigenvalue weighted by atomic mass is 10.2. The first-order chi connectivity index (χ1) is 9.59. The molecule has 0 bridgehead atoms. The van der Waals surface area contributed by atoms with E-state index in [4.69, 9.17) is 11.6 Å². The molecule has 1 N–H and O–H groups in total. The number of nitro benzene ring substituents is 1. The van der Waals surface area contributed by atoms with Gasteiger partial charge in [0.2, 0.25) is 0 Å². The summed E-state index contributed by atoms with van der Waals surface area (Å²) in [6.45, 7) is 1.03. The molecule has 0 radical (unpaired) electrons. The summed E-state index contributed by atoms with van der Waals surface area (Å²) < 4.78 is 1.91. The van der Waals surface area contributed by atoms with Crippen LogP contribution in [-0.2, 0) is 6.54 Å². The maximum atomic E-state index is 11.9. The monoisotopic (exact) mass is 293 g/mol. The van der Waals surface area contributed by atoms with E-state index in [-0.39, 0.29) is 16.3 Å². The van der Waals surface area contributed by atoms with E-state index in [0.717, 1.165) is 0 Å². The Kier molecular flexibility index (Phi) is 4.37. The van der Waals surface area contributed by atoms with Crippen LogP contribution in [0.4, 0.5) is 5.69 Å². The van der Waals surface area contributed by atoms with Gasteiger partial charge in [-0.25, -0.2) is 0 Å². The lowest BCUT2D eigenvalue weighted by Crippen LogP contribution is -2.27. The molecule has 0 atom stereocenters. The zero-order valence-corrected chi connectivity index (χ0v) is 11.2. The van der Waals surface area contributed by atoms with Gasteiger partial charge in [0.15, 0.2) is 0 Å². The predicted molar refractivity (Wildman–Crippen MR) is 74.9 cm³/mol. The van der Waals surface area contributed by atoms with Gasteiger partial charge >= 0.3 is 0 Å². The molecule has 2 aromatic rings. The zero-order valence-electron chi connectivity index (χ0n) is 10.5. The van der Waals surface area contributed by atoms with E-state index in [0.29, 0.717) is 13.1 Å². The summed E-state index contributed by atoms with van der Waals surface area (Å²) in [6.07, 6.45) is 3.76. The van der Waals surface area contributed by atoms with E-state index in [1.165, 1.54) is 18.2 Å². The van der Waals surface area contributed by atoms with E-state index in [1.807, 2.05) is 29.1 Å². The number of carbonyl (C=O) groups is 1. The molecule has 1 aromatic carbocycles. The van der Waals surface area contributed by atoms with Crippen LogP contribution in [-0.4, -0.2) is 21.9 Å². The molecule has 1 heterocycles. The van der Waals surface area contributed by atoms with Crippen LogP contribution in [0.3, 0.4) is 0 Å². The van der Waals surface area contributed by atoms with Crippen molar-refractivity contribution in [3.05, 3.63) is 63.4 Å². The van der Waals surface area contributed by atoms with Crippen LogP contribution in [0.1, 0.15) is 10.4 Å². The molecule has 0 aliphatic rings. The Bertz CT molecular complexity index is 626. The predicted octanol–water partition coefficient (Wildman–Crippen LogP) is 2.48. The van der Waals surface area contributed by atoms with Gasteiger partial charge < -0.3 is 9.88 Å². The number of hydrogen-bond donors (Lipinski definition) is 1. The maximum Gasteiger partial charge on any atom is 0.288 e. The molecule has 6 nitrogen and oxygen atoms in total. The highest BCUT2D eigenvalue weighted by atomic mass is 35.5. The van der Waals surface area contributed by atoms with Crippen molar-refractivity contribution in [2.75, 3.05) is 6.54 Å². The third kappa shape index (κ3) is 3.16. The second-order valence-electron chi connectivity index (χ2n) is 4.07. The van der Waals surface area contributed by atoms with Crippen molar-refractivity contribution >= 4 is 23.2 Å². The third-order valence-corrected chi connectivity index (χ3v) is 3.14. The average molecular weight is 294 g/mol. The molecule has 0 spiro atoms. The summed E-state index contributed by atoms with van der Waals surface area (Å²) in [5.74, 6) is -0.425. The molecule has 7 heteroatoms. The van der Waals surface area contributed by atoms with Gasteiger partial charge in [-0.2, -0.15) is 0 Å². The Hall–Kier alpha value is -2.34. The molecular weight excluding hydrogens is 282 g/mol. The van der Waals surface area contributed by atoms with Crippen molar-refractivity contribution < 1.29 is 9.72 Å². The molecule has 0 saturated carbocycles. The summed E-state index contributed by atoms with van der Waals surface area (Å²) in [6, 6.07) is 7.93. The maximum absolute atomic E-state index is 11.9. The van der Waals surface area contributed by atoms with Gasteiger partial charge in [0.25, 0.3) is 11.6 Å². The molecule has 2 rings (SSSR count). The fourth-order valence-electron chi connectivity index (χ4n) is 1.75. The van der Waals surface area contributed by atoms with Gasteiger partial charge in [-0.3, -0.25) is 14.9 Å². The number of carbonyl (C=O) groups excluding carboxylic acids is 1. The third-order valence-electron chi connectivity index (χ3n) is 2.74. The topological polar surface area (TPSA) is 77.2 Å². The summed E-state index contributed by atoms with van der Waals surface area (Å²) in [5.41, 5.74) is -0.168. The minimum absolute atomic E-state index is 0.105. The number of amides is 1. The quantitative estimate of drug-likeness (QED) is 0.679. The number of nitrogens with zero attached hydrogens (tertiary/aromatic N) is 2. The van der Waals surface area contributed by atoms with Gasteiger partial charge in [0.05, 0.1) is 10.5 Å². The zero-order chi connectivity index (χ0) is 14.5. The first-order valence-electron chi connectivity index (χ1n) is 5.91. The first kappa shape index (κ1) is 14.1. The fourth-order valence-corrected chi connectivity index (χ4v) is 2.03. The van der Waals surface area contributed by atoms with Crippen LogP contribution in [0.2, 0.25) is 5.02 Å². The SMILES string of the molecule is O=C(NCCn1cccc1)c1cccc([N+](=O)[O-])c1Cl. The van der Waals surface area contributed by atoms with Crippen LogP contribution in [0.25, 0.3) is 0 Å². The first-order valence-corrected chi connectivity index (χ1v) is 6.29. The summed E-state index contributed by atoms with van der Waals surface area (Å²) in [5, 5.41) is 13.3. The molecule has 1 amide bonds. The van der Waals surface area contributed by atoms with Crippen LogP contribution >= 0.6 is 11.6 Å². The van der Waals surface area contributed by atoms with Crippen molar-refractivity contribution in [2.24, 2.45) is 0 Å². The van der Waals surface area contributed by atoms with E-state index in [1.54, 1.807) is 0 Å². The minimum Gasteiger partial charge on any atom is -0.353 e. The fraction of sp³-hybridized carbons (Fsp3) is 0.154. The minimum atomic E-state index is -0.612. The average Bonchev–Trinajstić information content (AvgIpc) is 2.91. The van der Waals surface area contributed by atoms with E-state index < -0.39 is 10.8 Å². The highest BCUT2D eigenvalue weighted by Crippen LogP contribution is 2.27.